The molecular formula is C31H26N4O5. The van der Waals surface area contributed by atoms with Gasteiger partial charge >= 0.3 is 5.97 Å². The lowest BCUT2D eigenvalue weighted by Crippen LogP contribution is -2.30. The van der Waals surface area contributed by atoms with E-state index in [1.165, 1.54) is 6.92 Å². The first-order valence-corrected chi connectivity index (χ1v) is 12.5. The first-order valence-electron chi connectivity index (χ1n) is 12.5. The second kappa shape index (κ2) is 11.6. The van der Waals surface area contributed by atoms with E-state index in [1.54, 1.807) is 56.9 Å². The molecule has 9 nitrogen and oxygen atoms in total. The van der Waals surface area contributed by atoms with Gasteiger partial charge in [0.1, 0.15) is 11.5 Å². The third kappa shape index (κ3) is 5.73. The molecule has 1 N–H and O–H groups in total. The minimum atomic E-state index is -1.02. The standard InChI is InChI=1S/C31H26N4O5/c1-19(30(36)33-23-14-16-32-17-15-23)40-31(37)22-8-13-26-27(18-22)35-29(21-6-11-25(39-3)12-7-21)28(34-26)20-4-9-24(38-2)10-5-20/h4-19H,1-3H3,(H,32,33,36). The average molecular weight is 535 g/mol. The van der Waals surface area contributed by atoms with Crippen LogP contribution in [0.1, 0.15) is 17.3 Å². The quantitative estimate of drug-likeness (QED) is 0.258. The van der Waals surface area contributed by atoms with Gasteiger partial charge in [-0.15, -0.1) is 0 Å². The van der Waals surface area contributed by atoms with Crippen molar-refractivity contribution in [3.05, 3.63) is 96.8 Å². The number of rotatable bonds is 8. The Hall–Kier alpha value is -5.31. The largest absolute Gasteiger partial charge is 0.497 e. The Morgan fingerprint density at radius 2 is 1.27 bits per heavy atom. The molecule has 2 heterocycles. The smallest absolute Gasteiger partial charge is 0.338 e. The van der Waals surface area contributed by atoms with Crippen LogP contribution < -0.4 is 14.8 Å². The molecule has 0 spiro atoms. The lowest BCUT2D eigenvalue weighted by molar-refractivity contribution is -0.123. The van der Waals surface area contributed by atoms with Crippen molar-refractivity contribution in [2.75, 3.05) is 19.5 Å². The van der Waals surface area contributed by atoms with Crippen LogP contribution in [0.25, 0.3) is 33.5 Å². The summed E-state index contributed by atoms with van der Waals surface area (Å²) >= 11 is 0. The highest BCUT2D eigenvalue weighted by atomic mass is 16.5. The molecule has 0 aliphatic carbocycles. The number of hydrogen-bond donors (Lipinski definition) is 1. The zero-order valence-electron chi connectivity index (χ0n) is 22.1. The van der Waals surface area contributed by atoms with E-state index in [4.69, 9.17) is 24.2 Å². The van der Waals surface area contributed by atoms with Crippen molar-refractivity contribution in [3.63, 3.8) is 0 Å². The number of fused-ring (bicyclic) bond motifs is 1. The topological polar surface area (TPSA) is 113 Å². The van der Waals surface area contributed by atoms with Crippen molar-refractivity contribution in [2.45, 2.75) is 13.0 Å². The lowest BCUT2D eigenvalue weighted by Gasteiger charge is -2.14. The molecule has 2 aromatic heterocycles. The number of aromatic nitrogens is 3. The maximum Gasteiger partial charge on any atom is 0.338 e. The fourth-order valence-corrected chi connectivity index (χ4v) is 4.04. The maximum absolute atomic E-state index is 12.9. The maximum atomic E-state index is 12.9. The van der Waals surface area contributed by atoms with Gasteiger partial charge in [0, 0.05) is 29.2 Å². The third-order valence-corrected chi connectivity index (χ3v) is 6.23. The Bertz CT molecular complexity index is 1660. The summed E-state index contributed by atoms with van der Waals surface area (Å²) in [6, 6.07) is 23.3. The molecule has 0 saturated heterocycles. The van der Waals surface area contributed by atoms with E-state index in [9.17, 15) is 9.59 Å². The number of methoxy groups -OCH3 is 2. The molecule has 5 rings (SSSR count). The fourth-order valence-electron chi connectivity index (χ4n) is 4.04. The Balaban J connectivity index is 1.47. The van der Waals surface area contributed by atoms with Crippen LogP contribution in [0.2, 0.25) is 0 Å². The molecule has 40 heavy (non-hydrogen) atoms. The summed E-state index contributed by atoms with van der Waals surface area (Å²) < 4.78 is 16.0. The Kier molecular flexibility index (Phi) is 7.63. The number of hydrogen-bond acceptors (Lipinski definition) is 8. The number of esters is 1. The van der Waals surface area contributed by atoms with E-state index in [0.29, 0.717) is 28.1 Å². The molecule has 1 atom stereocenters. The zero-order valence-corrected chi connectivity index (χ0v) is 22.1. The van der Waals surface area contributed by atoms with Gasteiger partial charge < -0.3 is 19.5 Å². The van der Waals surface area contributed by atoms with E-state index in [2.05, 4.69) is 10.3 Å². The zero-order chi connectivity index (χ0) is 28.1. The van der Waals surface area contributed by atoms with E-state index >= 15 is 0 Å². The van der Waals surface area contributed by atoms with Crippen LogP contribution >= 0.6 is 0 Å². The van der Waals surface area contributed by atoms with Crippen molar-refractivity contribution < 1.29 is 23.8 Å². The van der Waals surface area contributed by atoms with Gasteiger partial charge in [0.25, 0.3) is 5.91 Å². The highest BCUT2D eigenvalue weighted by Gasteiger charge is 2.20. The number of benzene rings is 3. The van der Waals surface area contributed by atoms with Gasteiger partial charge in [-0.25, -0.2) is 14.8 Å². The fraction of sp³-hybridized carbons (Fsp3) is 0.129. The van der Waals surface area contributed by atoms with Crippen LogP contribution in [0.5, 0.6) is 11.5 Å². The van der Waals surface area contributed by atoms with Crippen molar-refractivity contribution in [2.24, 2.45) is 0 Å². The highest BCUT2D eigenvalue weighted by Crippen LogP contribution is 2.33. The van der Waals surface area contributed by atoms with Gasteiger partial charge in [0.15, 0.2) is 6.10 Å². The SMILES string of the molecule is COc1ccc(-c2nc3ccc(C(=O)OC(C)C(=O)Nc4ccncc4)cc3nc2-c2ccc(OC)cc2)cc1. The molecular weight excluding hydrogens is 508 g/mol. The number of amides is 1. The monoisotopic (exact) mass is 534 g/mol. The molecule has 0 aliphatic heterocycles. The van der Waals surface area contributed by atoms with Crippen LogP contribution in [0.4, 0.5) is 5.69 Å². The lowest BCUT2D eigenvalue weighted by atomic mass is 10.0. The molecule has 0 fully saturated rings. The summed E-state index contributed by atoms with van der Waals surface area (Å²) in [5, 5.41) is 2.70. The Labute approximate surface area is 230 Å². The number of carbonyl (C=O) groups excluding carboxylic acids is 2. The van der Waals surface area contributed by atoms with E-state index < -0.39 is 18.0 Å². The average Bonchev–Trinajstić information content (AvgIpc) is 3.00. The number of pyridine rings is 1. The minimum Gasteiger partial charge on any atom is -0.497 e. The molecule has 0 aliphatic rings. The summed E-state index contributed by atoms with van der Waals surface area (Å²) in [6.45, 7) is 1.51. The van der Waals surface area contributed by atoms with Crippen LogP contribution in [-0.4, -0.2) is 47.2 Å². The van der Waals surface area contributed by atoms with Crippen LogP contribution in [0.15, 0.2) is 91.3 Å². The molecule has 1 unspecified atom stereocenters. The second-order valence-electron chi connectivity index (χ2n) is 8.85. The molecule has 0 radical (unpaired) electrons. The van der Waals surface area contributed by atoms with Crippen molar-refractivity contribution in [1.29, 1.82) is 0 Å². The van der Waals surface area contributed by atoms with Crippen molar-refractivity contribution in [3.8, 4) is 34.0 Å². The van der Waals surface area contributed by atoms with Gasteiger partial charge in [-0.2, -0.15) is 0 Å². The normalized spacial score (nSPS) is 11.5. The number of carbonyl (C=O) groups is 2. The Morgan fingerprint density at radius 3 is 1.82 bits per heavy atom. The predicted octanol–water partition coefficient (Wildman–Crippen LogP) is 5.56. The molecule has 9 heteroatoms. The second-order valence-corrected chi connectivity index (χ2v) is 8.85. The molecule has 0 saturated carbocycles. The first-order chi connectivity index (χ1) is 19.4. The summed E-state index contributed by atoms with van der Waals surface area (Å²) in [5.74, 6) is 0.350. The molecule has 5 aromatic rings. The number of anilines is 1. The van der Waals surface area contributed by atoms with Gasteiger partial charge in [0.2, 0.25) is 0 Å². The van der Waals surface area contributed by atoms with E-state index in [1.807, 2.05) is 48.5 Å². The minimum absolute atomic E-state index is 0.253. The van der Waals surface area contributed by atoms with Crippen LogP contribution in [-0.2, 0) is 9.53 Å². The van der Waals surface area contributed by atoms with E-state index in [0.717, 1.165) is 22.6 Å². The predicted molar refractivity (Wildman–Crippen MR) is 151 cm³/mol. The molecule has 1 amide bonds. The van der Waals surface area contributed by atoms with Crippen molar-refractivity contribution >= 4 is 28.6 Å². The Morgan fingerprint density at radius 1 is 0.725 bits per heavy atom. The van der Waals surface area contributed by atoms with Gasteiger partial charge in [-0.3, -0.25) is 9.78 Å². The summed E-state index contributed by atoms with van der Waals surface area (Å²) in [5.41, 5.74) is 4.92. The highest BCUT2D eigenvalue weighted by molar-refractivity contribution is 5.99. The van der Waals surface area contributed by atoms with Crippen LogP contribution in [0, 0.1) is 0 Å². The number of nitrogens with zero attached hydrogens (tertiary/aromatic N) is 3. The van der Waals surface area contributed by atoms with Crippen LogP contribution in [0.3, 0.4) is 0 Å². The molecule has 0 bridgehead atoms. The van der Waals surface area contributed by atoms with Crippen molar-refractivity contribution in [1.82, 2.24) is 15.0 Å². The van der Waals surface area contributed by atoms with Gasteiger partial charge in [0.05, 0.1) is 42.2 Å². The number of ether oxygens (including phenoxy) is 3. The summed E-state index contributed by atoms with van der Waals surface area (Å²) in [7, 11) is 3.22. The van der Waals surface area contributed by atoms with Gasteiger partial charge in [-0.1, -0.05) is 0 Å². The third-order valence-electron chi connectivity index (χ3n) is 6.23. The number of nitrogens with one attached hydrogen (secondary N) is 1. The summed E-state index contributed by atoms with van der Waals surface area (Å²) in [4.78, 5) is 39.2. The molecule has 200 valence electrons. The van der Waals surface area contributed by atoms with Gasteiger partial charge in [-0.05, 0) is 85.8 Å². The van der Waals surface area contributed by atoms with E-state index in [-0.39, 0.29) is 5.56 Å². The molecule has 3 aromatic carbocycles. The first kappa shape index (κ1) is 26.3. The summed E-state index contributed by atoms with van der Waals surface area (Å²) in [6.07, 6.45) is 2.10.